The van der Waals surface area contributed by atoms with Gasteiger partial charge in [0.25, 0.3) is 5.92 Å². The van der Waals surface area contributed by atoms with Gasteiger partial charge in [0.15, 0.2) is 0 Å². The Bertz CT molecular complexity index is 334. The topological polar surface area (TPSA) is 29.3 Å². The first-order valence-electron chi connectivity index (χ1n) is 5.46. The van der Waals surface area contributed by atoms with Crippen LogP contribution in [0.3, 0.4) is 0 Å². The molecule has 1 fully saturated rings. The third-order valence-electron chi connectivity index (χ3n) is 2.98. The smallest absolute Gasteiger partial charge is 0.272 e. The third kappa shape index (κ3) is 2.57. The summed E-state index contributed by atoms with van der Waals surface area (Å²) in [5, 5.41) is 0. The summed E-state index contributed by atoms with van der Waals surface area (Å²) >= 11 is 0. The molecule has 0 aliphatic carbocycles. The van der Waals surface area contributed by atoms with Gasteiger partial charge in [0.2, 0.25) is 0 Å². The van der Waals surface area contributed by atoms with Gasteiger partial charge in [-0.05, 0) is 5.56 Å². The van der Waals surface area contributed by atoms with E-state index in [2.05, 4.69) is 0 Å². The molecular formula is C12H16F2N2. The van der Waals surface area contributed by atoms with Crippen molar-refractivity contribution in [3.05, 3.63) is 35.9 Å². The summed E-state index contributed by atoms with van der Waals surface area (Å²) in [6.45, 7) is 0.630. The van der Waals surface area contributed by atoms with E-state index in [0.29, 0.717) is 19.0 Å². The summed E-state index contributed by atoms with van der Waals surface area (Å²) in [6, 6.07) is 10.0. The summed E-state index contributed by atoms with van der Waals surface area (Å²) in [7, 11) is 0. The van der Waals surface area contributed by atoms with E-state index in [4.69, 9.17) is 5.73 Å². The van der Waals surface area contributed by atoms with E-state index in [1.807, 2.05) is 30.3 Å². The second-order valence-electron chi connectivity index (χ2n) is 4.36. The molecule has 0 unspecified atom stereocenters. The van der Waals surface area contributed by atoms with E-state index in [9.17, 15) is 8.78 Å². The van der Waals surface area contributed by atoms with Crippen molar-refractivity contribution < 1.29 is 8.78 Å². The maximum Gasteiger partial charge on any atom is 0.272 e. The molecule has 1 aromatic rings. The maximum atomic E-state index is 13.0. The molecule has 2 rings (SSSR count). The molecular weight excluding hydrogens is 210 g/mol. The molecule has 0 amide bonds. The Kier molecular flexibility index (Phi) is 3.21. The second-order valence-corrected chi connectivity index (χ2v) is 4.36. The predicted octanol–water partition coefficient (Wildman–Crippen LogP) is 1.68. The number of nitrogens with zero attached hydrogens (tertiary/aromatic N) is 1. The highest BCUT2D eigenvalue weighted by molar-refractivity contribution is 5.22. The number of hydrogen-bond donors (Lipinski definition) is 1. The molecule has 4 heteroatoms. The van der Waals surface area contributed by atoms with Crippen LogP contribution in [0.25, 0.3) is 0 Å². The molecule has 0 bridgehead atoms. The molecule has 0 atom stereocenters. The molecule has 16 heavy (non-hydrogen) atoms. The average Bonchev–Trinajstić information content (AvgIpc) is 2.24. The van der Waals surface area contributed by atoms with E-state index in [0.717, 1.165) is 0 Å². The molecule has 0 spiro atoms. The quantitative estimate of drug-likeness (QED) is 0.846. The highest BCUT2D eigenvalue weighted by Crippen LogP contribution is 2.28. The monoisotopic (exact) mass is 226 g/mol. The van der Waals surface area contributed by atoms with Crippen LogP contribution in [0.15, 0.2) is 30.3 Å². The molecule has 1 aliphatic heterocycles. The van der Waals surface area contributed by atoms with Gasteiger partial charge < -0.3 is 5.73 Å². The van der Waals surface area contributed by atoms with Gasteiger partial charge in [-0.3, -0.25) is 4.90 Å². The number of halogens is 2. The van der Waals surface area contributed by atoms with Crippen LogP contribution in [-0.4, -0.2) is 37.0 Å². The SMILES string of the molecule is NCC(F)(F)CN1CC(c2ccccc2)C1. The predicted molar refractivity (Wildman–Crippen MR) is 59.6 cm³/mol. The summed E-state index contributed by atoms with van der Waals surface area (Å²) in [5.41, 5.74) is 6.23. The molecule has 1 aliphatic rings. The van der Waals surface area contributed by atoms with Crippen molar-refractivity contribution in [2.24, 2.45) is 5.73 Å². The Morgan fingerprint density at radius 1 is 1.25 bits per heavy atom. The largest absolute Gasteiger partial charge is 0.325 e. The lowest BCUT2D eigenvalue weighted by Gasteiger charge is -2.41. The van der Waals surface area contributed by atoms with E-state index in [1.54, 1.807) is 4.90 Å². The number of nitrogens with two attached hydrogens (primary N) is 1. The highest BCUT2D eigenvalue weighted by Gasteiger charge is 2.36. The standard InChI is InChI=1S/C12H16F2N2/c13-12(14,8-15)9-16-6-11(7-16)10-4-2-1-3-5-10/h1-5,11H,6-9,15H2. The Balaban J connectivity index is 1.83. The summed E-state index contributed by atoms with van der Waals surface area (Å²) < 4.78 is 26.0. The van der Waals surface area contributed by atoms with Gasteiger partial charge in [-0.2, -0.15) is 0 Å². The second kappa shape index (κ2) is 4.47. The van der Waals surface area contributed by atoms with Crippen LogP contribution < -0.4 is 5.73 Å². The number of rotatable bonds is 4. The minimum absolute atomic E-state index is 0.215. The first-order chi connectivity index (χ1) is 7.61. The fourth-order valence-corrected chi connectivity index (χ4v) is 2.03. The number of alkyl halides is 2. The van der Waals surface area contributed by atoms with Gasteiger partial charge in [-0.25, -0.2) is 8.78 Å². The minimum Gasteiger partial charge on any atom is -0.325 e. The van der Waals surface area contributed by atoms with Crippen LogP contribution in [0.5, 0.6) is 0 Å². The Morgan fingerprint density at radius 2 is 1.88 bits per heavy atom. The lowest BCUT2D eigenvalue weighted by molar-refractivity contribution is -0.0433. The van der Waals surface area contributed by atoms with Gasteiger partial charge in [0.1, 0.15) is 0 Å². The van der Waals surface area contributed by atoms with E-state index < -0.39 is 12.5 Å². The zero-order chi connectivity index (χ0) is 11.6. The molecule has 0 aromatic heterocycles. The number of benzene rings is 1. The van der Waals surface area contributed by atoms with Crippen molar-refractivity contribution >= 4 is 0 Å². The lowest BCUT2D eigenvalue weighted by Crippen LogP contribution is -2.51. The van der Waals surface area contributed by atoms with Crippen LogP contribution in [0.1, 0.15) is 11.5 Å². The molecule has 1 saturated heterocycles. The maximum absolute atomic E-state index is 13.0. The molecule has 1 heterocycles. The fourth-order valence-electron chi connectivity index (χ4n) is 2.03. The molecule has 1 aromatic carbocycles. The summed E-state index contributed by atoms with van der Waals surface area (Å²) in [4.78, 5) is 1.75. The van der Waals surface area contributed by atoms with Crippen molar-refractivity contribution in [3.63, 3.8) is 0 Å². The number of hydrogen-bond acceptors (Lipinski definition) is 2. The van der Waals surface area contributed by atoms with Gasteiger partial charge in [-0.1, -0.05) is 30.3 Å². The van der Waals surface area contributed by atoms with Crippen molar-refractivity contribution in [2.45, 2.75) is 11.8 Å². The van der Waals surface area contributed by atoms with Crippen LogP contribution in [0.4, 0.5) is 8.78 Å². The normalized spacial score (nSPS) is 18.4. The zero-order valence-electron chi connectivity index (χ0n) is 9.07. The average molecular weight is 226 g/mol. The van der Waals surface area contributed by atoms with Gasteiger partial charge >= 0.3 is 0 Å². The summed E-state index contributed by atoms with van der Waals surface area (Å²) in [6.07, 6.45) is 0. The van der Waals surface area contributed by atoms with Crippen LogP contribution in [-0.2, 0) is 0 Å². The van der Waals surface area contributed by atoms with Crippen LogP contribution in [0.2, 0.25) is 0 Å². The van der Waals surface area contributed by atoms with Crippen molar-refractivity contribution in [3.8, 4) is 0 Å². The molecule has 88 valence electrons. The van der Waals surface area contributed by atoms with Crippen LogP contribution >= 0.6 is 0 Å². The van der Waals surface area contributed by atoms with Crippen LogP contribution in [0, 0.1) is 0 Å². The molecule has 0 radical (unpaired) electrons. The van der Waals surface area contributed by atoms with E-state index in [-0.39, 0.29) is 6.54 Å². The molecule has 2 N–H and O–H groups in total. The fraction of sp³-hybridized carbons (Fsp3) is 0.500. The van der Waals surface area contributed by atoms with Gasteiger partial charge in [0.05, 0.1) is 13.1 Å². The Labute approximate surface area is 94.0 Å². The molecule has 2 nitrogen and oxygen atoms in total. The van der Waals surface area contributed by atoms with E-state index >= 15 is 0 Å². The number of likely N-dealkylation sites (tertiary alicyclic amines) is 1. The Morgan fingerprint density at radius 3 is 2.44 bits per heavy atom. The lowest BCUT2D eigenvalue weighted by atomic mass is 9.91. The Hall–Kier alpha value is -1.00. The zero-order valence-corrected chi connectivity index (χ0v) is 9.07. The van der Waals surface area contributed by atoms with Gasteiger partial charge in [0, 0.05) is 19.0 Å². The highest BCUT2D eigenvalue weighted by atomic mass is 19.3. The first-order valence-corrected chi connectivity index (χ1v) is 5.46. The summed E-state index contributed by atoms with van der Waals surface area (Å²) in [5.74, 6) is -2.35. The van der Waals surface area contributed by atoms with E-state index in [1.165, 1.54) is 5.56 Å². The van der Waals surface area contributed by atoms with Crippen molar-refractivity contribution in [1.82, 2.24) is 4.90 Å². The van der Waals surface area contributed by atoms with Crippen molar-refractivity contribution in [2.75, 3.05) is 26.2 Å². The minimum atomic E-state index is -2.75. The third-order valence-corrected chi connectivity index (χ3v) is 2.98. The first kappa shape index (κ1) is 11.5. The van der Waals surface area contributed by atoms with Gasteiger partial charge in [-0.15, -0.1) is 0 Å². The molecule has 0 saturated carbocycles. The van der Waals surface area contributed by atoms with Crippen molar-refractivity contribution in [1.29, 1.82) is 0 Å².